The third-order valence-corrected chi connectivity index (χ3v) is 2.87. The molecular weight excluding hydrogens is 228 g/mol. The van der Waals surface area contributed by atoms with Crippen molar-refractivity contribution in [1.82, 2.24) is 10.6 Å². The molecule has 0 spiro atoms. The average molecular weight is 246 g/mol. The number of carbonyl (C=O) groups excluding carboxylic acids is 1. The van der Waals surface area contributed by atoms with Gasteiger partial charge < -0.3 is 15.4 Å². The zero-order valence-corrected chi connectivity index (χ0v) is 10.3. The van der Waals surface area contributed by atoms with E-state index < -0.39 is 0 Å². The predicted molar refractivity (Wildman–Crippen MR) is 70.5 cm³/mol. The molecule has 1 amide bonds. The highest BCUT2D eigenvalue weighted by molar-refractivity contribution is 5.78. The van der Waals surface area contributed by atoms with Crippen molar-refractivity contribution in [3.8, 4) is 5.75 Å². The minimum absolute atomic E-state index is 0.00134. The molecule has 0 aliphatic carbocycles. The van der Waals surface area contributed by atoms with Crippen LogP contribution in [-0.4, -0.2) is 25.6 Å². The fourth-order valence-corrected chi connectivity index (χ4v) is 2.03. The van der Waals surface area contributed by atoms with Gasteiger partial charge >= 0.3 is 0 Å². The van der Waals surface area contributed by atoms with Gasteiger partial charge in [-0.2, -0.15) is 0 Å². The number of ether oxygens (including phenoxy) is 1. The van der Waals surface area contributed by atoms with E-state index in [1.165, 1.54) is 0 Å². The molecule has 1 unspecified atom stereocenters. The molecule has 0 aromatic heterocycles. The van der Waals surface area contributed by atoms with Crippen LogP contribution in [0.3, 0.4) is 0 Å². The smallest absolute Gasteiger partial charge is 0.234 e. The molecule has 18 heavy (non-hydrogen) atoms. The first-order valence-electron chi connectivity index (χ1n) is 6.14. The third-order valence-electron chi connectivity index (χ3n) is 2.87. The second-order valence-corrected chi connectivity index (χ2v) is 4.21. The van der Waals surface area contributed by atoms with Gasteiger partial charge in [0.2, 0.25) is 5.91 Å². The van der Waals surface area contributed by atoms with Gasteiger partial charge in [-0.3, -0.25) is 4.79 Å². The van der Waals surface area contributed by atoms with Crippen LogP contribution >= 0.6 is 0 Å². The van der Waals surface area contributed by atoms with Gasteiger partial charge in [0.1, 0.15) is 5.75 Å². The Morgan fingerprint density at radius 1 is 1.50 bits per heavy atom. The van der Waals surface area contributed by atoms with E-state index in [0.717, 1.165) is 17.7 Å². The van der Waals surface area contributed by atoms with Gasteiger partial charge in [0, 0.05) is 18.5 Å². The van der Waals surface area contributed by atoms with Crippen molar-refractivity contribution < 1.29 is 9.53 Å². The fraction of sp³-hybridized carbons (Fsp3) is 0.357. The first kappa shape index (κ1) is 12.6. The maximum atomic E-state index is 11.7. The molecule has 2 rings (SSSR count). The average Bonchev–Trinajstić information content (AvgIpc) is 2.39. The van der Waals surface area contributed by atoms with Crippen LogP contribution in [0.25, 0.3) is 0 Å². The highest BCUT2D eigenvalue weighted by Gasteiger charge is 2.22. The molecule has 0 radical (unpaired) electrons. The molecule has 1 aromatic carbocycles. The topological polar surface area (TPSA) is 50.4 Å². The van der Waals surface area contributed by atoms with Crippen LogP contribution in [0.1, 0.15) is 18.0 Å². The Balaban J connectivity index is 1.94. The Labute approximate surface area is 107 Å². The maximum absolute atomic E-state index is 11.7. The standard InChI is InChI=1S/C14H18N2O2/c1-2-8-15-10-14(17)16-12-7-9-18-13-6-4-3-5-11(12)13/h2-6,12,15H,1,7-10H2,(H,16,17). The maximum Gasteiger partial charge on any atom is 0.234 e. The molecule has 1 atom stereocenters. The quantitative estimate of drug-likeness (QED) is 0.610. The first-order chi connectivity index (χ1) is 8.81. The molecule has 0 fully saturated rings. The number of fused-ring (bicyclic) bond motifs is 1. The number of nitrogens with one attached hydrogen (secondary N) is 2. The Morgan fingerprint density at radius 2 is 2.33 bits per heavy atom. The van der Waals surface area contributed by atoms with Crippen LogP contribution in [0, 0.1) is 0 Å². The summed E-state index contributed by atoms with van der Waals surface area (Å²) in [5.74, 6) is 0.867. The molecule has 1 aliphatic rings. The summed E-state index contributed by atoms with van der Waals surface area (Å²) in [6.07, 6.45) is 2.54. The molecule has 0 saturated carbocycles. The summed E-state index contributed by atoms with van der Waals surface area (Å²) in [6.45, 7) is 5.18. The summed E-state index contributed by atoms with van der Waals surface area (Å²) in [4.78, 5) is 11.7. The van der Waals surface area contributed by atoms with Gasteiger partial charge in [-0.05, 0) is 6.07 Å². The van der Waals surface area contributed by atoms with Crippen molar-refractivity contribution in [1.29, 1.82) is 0 Å². The van der Waals surface area contributed by atoms with E-state index in [0.29, 0.717) is 19.7 Å². The predicted octanol–water partition coefficient (Wildman–Crippen LogP) is 1.40. The molecule has 96 valence electrons. The Kier molecular flexibility index (Phi) is 4.36. The minimum atomic E-state index is -0.00134. The van der Waals surface area contributed by atoms with Crippen LogP contribution in [0.4, 0.5) is 0 Å². The van der Waals surface area contributed by atoms with E-state index in [1.807, 2.05) is 24.3 Å². The Hall–Kier alpha value is -1.81. The van der Waals surface area contributed by atoms with E-state index in [4.69, 9.17) is 4.74 Å². The Bertz CT molecular complexity index is 432. The van der Waals surface area contributed by atoms with Crippen LogP contribution in [0.2, 0.25) is 0 Å². The fourth-order valence-electron chi connectivity index (χ4n) is 2.03. The molecule has 1 aliphatic heterocycles. The molecular formula is C14H18N2O2. The van der Waals surface area contributed by atoms with E-state index in [9.17, 15) is 4.79 Å². The molecule has 1 aromatic rings. The number of hydrogen-bond donors (Lipinski definition) is 2. The lowest BCUT2D eigenvalue weighted by atomic mass is 10.0. The highest BCUT2D eigenvalue weighted by atomic mass is 16.5. The summed E-state index contributed by atoms with van der Waals surface area (Å²) in [5.41, 5.74) is 1.06. The zero-order valence-electron chi connectivity index (χ0n) is 10.3. The number of rotatable bonds is 5. The lowest BCUT2D eigenvalue weighted by Crippen LogP contribution is -2.38. The number of benzene rings is 1. The van der Waals surface area contributed by atoms with Gasteiger partial charge in [0.25, 0.3) is 0 Å². The summed E-state index contributed by atoms with van der Waals surface area (Å²) >= 11 is 0. The SMILES string of the molecule is C=CCNCC(=O)NC1CCOc2ccccc21. The monoisotopic (exact) mass is 246 g/mol. The van der Waals surface area contributed by atoms with Crippen molar-refractivity contribution in [3.63, 3.8) is 0 Å². The Morgan fingerprint density at radius 3 is 3.17 bits per heavy atom. The van der Waals surface area contributed by atoms with E-state index in [1.54, 1.807) is 6.08 Å². The van der Waals surface area contributed by atoms with Crippen LogP contribution in [0.5, 0.6) is 5.75 Å². The highest BCUT2D eigenvalue weighted by Crippen LogP contribution is 2.31. The molecule has 0 bridgehead atoms. The molecule has 4 nitrogen and oxygen atoms in total. The largest absolute Gasteiger partial charge is 0.493 e. The summed E-state index contributed by atoms with van der Waals surface area (Å²) in [6, 6.07) is 7.88. The minimum Gasteiger partial charge on any atom is -0.493 e. The number of carbonyl (C=O) groups is 1. The first-order valence-corrected chi connectivity index (χ1v) is 6.14. The van der Waals surface area contributed by atoms with E-state index in [-0.39, 0.29) is 11.9 Å². The second kappa shape index (κ2) is 6.21. The van der Waals surface area contributed by atoms with E-state index >= 15 is 0 Å². The van der Waals surface area contributed by atoms with Crippen molar-refractivity contribution >= 4 is 5.91 Å². The van der Waals surface area contributed by atoms with Gasteiger partial charge in [-0.15, -0.1) is 6.58 Å². The lowest BCUT2D eigenvalue weighted by molar-refractivity contribution is -0.121. The third kappa shape index (κ3) is 3.11. The molecule has 2 N–H and O–H groups in total. The van der Waals surface area contributed by atoms with Crippen molar-refractivity contribution in [2.75, 3.05) is 19.7 Å². The van der Waals surface area contributed by atoms with Crippen LogP contribution in [0.15, 0.2) is 36.9 Å². The number of hydrogen-bond acceptors (Lipinski definition) is 3. The number of para-hydroxylation sites is 1. The molecule has 0 saturated heterocycles. The molecule has 1 heterocycles. The second-order valence-electron chi connectivity index (χ2n) is 4.21. The van der Waals surface area contributed by atoms with Gasteiger partial charge in [0.05, 0.1) is 19.2 Å². The lowest BCUT2D eigenvalue weighted by Gasteiger charge is -2.26. The van der Waals surface area contributed by atoms with Crippen LogP contribution in [-0.2, 0) is 4.79 Å². The van der Waals surface area contributed by atoms with Gasteiger partial charge in [0.15, 0.2) is 0 Å². The zero-order chi connectivity index (χ0) is 12.8. The van der Waals surface area contributed by atoms with E-state index in [2.05, 4.69) is 17.2 Å². The summed E-state index contributed by atoms with van der Waals surface area (Å²) < 4.78 is 5.55. The van der Waals surface area contributed by atoms with Gasteiger partial charge in [-0.25, -0.2) is 0 Å². The molecule has 4 heteroatoms. The summed E-state index contributed by atoms with van der Waals surface area (Å²) in [5, 5.41) is 6.01. The summed E-state index contributed by atoms with van der Waals surface area (Å²) in [7, 11) is 0. The normalized spacial score (nSPS) is 17.4. The van der Waals surface area contributed by atoms with Crippen molar-refractivity contribution in [2.45, 2.75) is 12.5 Å². The van der Waals surface area contributed by atoms with Gasteiger partial charge in [-0.1, -0.05) is 24.3 Å². The van der Waals surface area contributed by atoms with Crippen molar-refractivity contribution in [2.24, 2.45) is 0 Å². The van der Waals surface area contributed by atoms with Crippen LogP contribution < -0.4 is 15.4 Å². The van der Waals surface area contributed by atoms with Crippen molar-refractivity contribution in [3.05, 3.63) is 42.5 Å². The number of amides is 1.